The van der Waals surface area contributed by atoms with E-state index in [1.54, 1.807) is 0 Å². The largest absolute Gasteiger partial charge is 0.356 e. The van der Waals surface area contributed by atoms with Gasteiger partial charge in [0, 0.05) is 30.9 Å². The van der Waals surface area contributed by atoms with E-state index in [4.69, 9.17) is 16.6 Å². The Balaban J connectivity index is 1.75. The van der Waals surface area contributed by atoms with Crippen LogP contribution >= 0.6 is 11.6 Å². The van der Waals surface area contributed by atoms with Crippen molar-refractivity contribution in [2.24, 2.45) is 5.92 Å². The van der Waals surface area contributed by atoms with Crippen LogP contribution in [0.1, 0.15) is 68.1 Å². The summed E-state index contributed by atoms with van der Waals surface area (Å²) in [6, 6.07) is 1.88. The maximum atomic E-state index is 13.4. The minimum atomic E-state index is -4.04. The number of sulfone groups is 1. The molecule has 0 radical (unpaired) electrons. The lowest BCUT2D eigenvalue weighted by molar-refractivity contribution is 0.102. The zero-order valence-electron chi connectivity index (χ0n) is 18.8. The number of carbonyl (C=O) groups is 1. The van der Waals surface area contributed by atoms with Crippen molar-refractivity contribution in [3.8, 4) is 0 Å². The van der Waals surface area contributed by atoms with Gasteiger partial charge in [0.25, 0.3) is 0 Å². The third-order valence-corrected chi connectivity index (χ3v) is 8.51. The first-order chi connectivity index (χ1) is 15.1. The second-order valence-corrected chi connectivity index (χ2v) is 11.9. The molecule has 0 amide bonds. The van der Waals surface area contributed by atoms with Crippen molar-refractivity contribution in [1.29, 1.82) is 0 Å². The molecular weight excluding hydrogens is 448 g/mol. The van der Waals surface area contributed by atoms with Crippen LogP contribution in [0.15, 0.2) is 23.5 Å². The topological polar surface area (TPSA) is 93.1 Å². The van der Waals surface area contributed by atoms with Crippen molar-refractivity contribution in [3.63, 3.8) is 0 Å². The summed E-state index contributed by atoms with van der Waals surface area (Å²) in [6.45, 7) is 8.20. The van der Waals surface area contributed by atoms with E-state index in [1.165, 1.54) is 12.4 Å². The molecule has 32 heavy (non-hydrogen) atoms. The van der Waals surface area contributed by atoms with Gasteiger partial charge in [0.15, 0.2) is 16.0 Å². The zero-order chi connectivity index (χ0) is 23.1. The number of pyridine rings is 1. The highest BCUT2D eigenvalue weighted by molar-refractivity contribution is 7.92. The molecule has 172 valence electrons. The molecule has 4 rings (SSSR count). The number of ketones is 1. The zero-order valence-corrected chi connectivity index (χ0v) is 20.3. The molecule has 1 aliphatic carbocycles. The molecule has 1 saturated heterocycles. The summed E-state index contributed by atoms with van der Waals surface area (Å²) in [7, 11) is -4.04. The second-order valence-electron chi connectivity index (χ2n) is 9.61. The van der Waals surface area contributed by atoms with Gasteiger partial charge >= 0.3 is 0 Å². The van der Waals surface area contributed by atoms with Gasteiger partial charge in [-0.25, -0.2) is 23.4 Å². The van der Waals surface area contributed by atoms with Gasteiger partial charge in [-0.05, 0) is 49.7 Å². The lowest BCUT2D eigenvalue weighted by atomic mass is 9.75. The van der Waals surface area contributed by atoms with E-state index in [0.717, 1.165) is 56.5 Å². The van der Waals surface area contributed by atoms with Gasteiger partial charge in [-0.1, -0.05) is 32.4 Å². The van der Waals surface area contributed by atoms with Crippen LogP contribution in [0.3, 0.4) is 0 Å². The van der Waals surface area contributed by atoms with Gasteiger partial charge in [0.2, 0.25) is 9.84 Å². The number of rotatable bonds is 5. The van der Waals surface area contributed by atoms with Crippen LogP contribution in [-0.4, -0.2) is 48.0 Å². The third-order valence-electron chi connectivity index (χ3n) is 6.59. The first kappa shape index (κ1) is 23.1. The summed E-state index contributed by atoms with van der Waals surface area (Å²) < 4.78 is 25.8. The number of Topliss-reactive ketones (excluding diaryl/α,β-unsaturated/α-hetero) is 1. The second kappa shape index (κ2) is 8.71. The Labute approximate surface area is 194 Å². The summed E-state index contributed by atoms with van der Waals surface area (Å²) in [5.74, 6) is 0.0284. The summed E-state index contributed by atoms with van der Waals surface area (Å²) in [6.07, 6.45) is 7.50. The molecule has 2 aromatic rings. The van der Waals surface area contributed by atoms with E-state index in [0.29, 0.717) is 17.3 Å². The molecular formula is C23H29ClN4O3S. The minimum absolute atomic E-state index is 0.0772. The van der Waals surface area contributed by atoms with Gasteiger partial charge in [-0.2, -0.15) is 0 Å². The predicted octanol–water partition coefficient (Wildman–Crippen LogP) is 4.03. The van der Waals surface area contributed by atoms with E-state index >= 15 is 0 Å². The lowest BCUT2D eigenvalue weighted by Gasteiger charge is -2.36. The van der Waals surface area contributed by atoms with E-state index < -0.39 is 21.4 Å². The highest BCUT2D eigenvalue weighted by atomic mass is 35.5. The molecule has 2 aliphatic rings. The number of carbonyl (C=O) groups excluding carboxylic acids is 1. The van der Waals surface area contributed by atoms with Crippen molar-refractivity contribution >= 4 is 33.0 Å². The Bertz CT molecular complexity index is 1140. The fourth-order valence-corrected chi connectivity index (χ4v) is 6.29. The molecule has 7 nitrogen and oxygen atoms in total. The number of anilines is 1. The summed E-state index contributed by atoms with van der Waals surface area (Å²) in [5.41, 5.74) is 2.36. The summed E-state index contributed by atoms with van der Waals surface area (Å²) >= 11 is 5.95. The molecule has 3 heterocycles. The molecule has 0 spiro atoms. The standard InChI is InChI=1S/C23H29ClN4O3S/c1-15-6-11-28(12-7-15)21-17(13-16-5-4-8-23(2,3)19(16)27-21)18(29)14-32(30,31)22-20(24)25-9-10-26-22/h9-10,13,15H,4-8,11-12,14H2,1-3H3. The normalized spacial score (nSPS) is 18.9. The first-order valence-electron chi connectivity index (χ1n) is 11.1. The average Bonchev–Trinajstić information content (AvgIpc) is 2.73. The van der Waals surface area contributed by atoms with Crippen LogP contribution in [0.25, 0.3) is 0 Å². The molecule has 9 heteroatoms. The van der Waals surface area contributed by atoms with Crippen molar-refractivity contribution in [2.75, 3.05) is 23.7 Å². The van der Waals surface area contributed by atoms with Gasteiger partial charge in [0.05, 0.1) is 11.3 Å². The highest BCUT2D eigenvalue weighted by Gasteiger charge is 2.34. The minimum Gasteiger partial charge on any atom is -0.356 e. The van der Waals surface area contributed by atoms with Crippen LogP contribution in [0.4, 0.5) is 5.82 Å². The van der Waals surface area contributed by atoms with Crippen LogP contribution in [0.5, 0.6) is 0 Å². The summed E-state index contributed by atoms with van der Waals surface area (Å²) in [5, 5.41) is -0.591. The van der Waals surface area contributed by atoms with E-state index in [9.17, 15) is 13.2 Å². The van der Waals surface area contributed by atoms with Crippen LogP contribution in [-0.2, 0) is 21.7 Å². The predicted molar refractivity (Wildman–Crippen MR) is 124 cm³/mol. The number of fused-ring (bicyclic) bond motifs is 1. The maximum absolute atomic E-state index is 13.4. The molecule has 0 atom stereocenters. The molecule has 0 N–H and O–H groups in total. The fraction of sp³-hybridized carbons (Fsp3) is 0.565. The number of aryl methyl sites for hydroxylation is 1. The average molecular weight is 477 g/mol. The van der Waals surface area contributed by atoms with Gasteiger partial charge in [-0.15, -0.1) is 0 Å². The Morgan fingerprint density at radius 1 is 1.22 bits per heavy atom. The van der Waals surface area contributed by atoms with Gasteiger partial charge in [0.1, 0.15) is 11.6 Å². The molecule has 1 fully saturated rings. The molecule has 0 saturated carbocycles. The molecule has 0 aromatic carbocycles. The number of piperidine rings is 1. The van der Waals surface area contributed by atoms with Crippen LogP contribution in [0.2, 0.25) is 5.15 Å². The quantitative estimate of drug-likeness (QED) is 0.601. The molecule has 0 bridgehead atoms. The van der Waals surface area contributed by atoms with Crippen LogP contribution in [0, 0.1) is 5.92 Å². The van der Waals surface area contributed by atoms with Crippen molar-refractivity contribution in [2.45, 2.75) is 63.3 Å². The highest BCUT2D eigenvalue weighted by Crippen LogP contribution is 2.38. The van der Waals surface area contributed by atoms with Gasteiger partial charge in [-0.3, -0.25) is 4.79 Å². The SMILES string of the molecule is CC1CCN(c2nc3c(cc2C(=O)CS(=O)(=O)c2nccnc2Cl)CCCC3(C)C)CC1. The first-order valence-corrected chi connectivity index (χ1v) is 13.1. The Morgan fingerprint density at radius 2 is 1.91 bits per heavy atom. The molecule has 1 aliphatic heterocycles. The van der Waals surface area contributed by atoms with Crippen molar-refractivity contribution in [1.82, 2.24) is 15.0 Å². The van der Waals surface area contributed by atoms with Gasteiger partial charge < -0.3 is 4.90 Å². The van der Waals surface area contributed by atoms with E-state index in [2.05, 4.69) is 35.6 Å². The number of aromatic nitrogens is 3. The third kappa shape index (κ3) is 4.53. The Morgan fingerprint density at radius 3 is 2.59 bits per heavy atom. The van der Waals surface area contributed by atoms with Crippen LogP contribution < -0.4 is 4.90 Å². The van der Waals surface area contributed by atoms with Crippen molar-refractivity contribution < 1.29 is 13.2 Å². The maximum Gasteiger partial charge on any atom is 0.206 e. The lowest BCUT2D eigenvalue weighted by Crippen LogP contribution is -2.36. The molecule has 0 unspecified atom stereocenters. The number of hydrogen-bond acceptors (Lipinski definition) is 7. The number of halogens is 1. The number of nitrogens with zero attached hydrogens (tertiary/aromatic N) is 4. The smallest absolute Gasteiger partial charge is 0.206 e. The van der Waals surface area contributed by atoms with Crippen molar-refractivity contribution in [3.05, 3.63) is 40.4 Å². The Kier molecular flexibility index (Phi) is 6.29. The monoisotopic (exact) mass is 476 g/mol. The Hall–Kier alpha value is -2.06. The van der Waals surface area contributed by atoms with E-state index in [-0.39, 0.29) is 15.6 Å². The summed E-state index contributed by atoms with van der Waals surface area (Å²) in [4.78, 5) is 28.2. The number of hydrogen-bond donors (Lipinski definition) is 0. The fourth-order valence-electron chi connectivity index (χ4n) is 4.66. The van der Waals surface area contributed by atoms with E-state index in [1.807, 2.05) is 6.07 Å². The molecule has 2 aromatic heterocycles.